The molecule has 124 valence electrons. The van der Waals surface area contributed by atoms with Gasteiger partial charge in [0.2, 0.25) is 11.8 Å². The van der Waals surface area contributed by atoms with Crippen LogP contribution in [0.1, 0.15) is 49.7 Å². The molecule has 23 heavy (non-hydrogen) atoms. The summed E-state index contributed by atoms with van der Waals surface area (Å²) in [7, 11) is 0. The Morgan fingerprint density at radius 2 is 1.91 bits per heavy atom. The zero-order chi connectivity index (χ0) is 16.4. The molecule has 4 nitrogen and oxygen atoms in total. The molecule has 1 unspecified atom stereocenters. The standard InChI is InChI=1S/C19H26N2O2/c1-13-8-9-17(14(2)10-13)21-12-15(11-18(21)22)19(23)20-16-6-4-3-5-7-16/h8-10,15-16H,3-7,11-12H2,1-2H3,(H,20,23). The molecule has 1 N–H and O–H groups in total. The number of carbonyl (C=O) groups is 2. The van der Waals surface area contributed by atoms with Crippen molar-refractivity contribution in [1.82, 2.24) is 5.32 Å². The third-order valence-electron chi connectivity index (χ3n) is 5.09. The van der Waals surface area contributed by atoms with E-state index < -0.39 is 0 Å². The maximum Gasteiger partial charge on any atom is 0.227 e. The van der Waals surface area contributed by atoms with E-state index in [0.717, 1.165) is 24.1 Å². The van der Waals surface area contributed by atoms with E-state index in [0.29, 0.717) is 19.0 Å². The van der Waals surface area contributed by atoms with Crippen LogP contribution >= 0.6 is 0 Å². The second kappa shape index (κ2) is 6.73. The summed E-state index contributed by atoms with van der Waals surface area (Å²) in [6.07, 6.45) is 6.15. The highest BCUT2D eigenvalue weighted by Crippen LogP contribution is 2.29. The molecule has 1 aromatic carbocycles. The average Bonchev–Trinajstić information content (AvgIpc) is 2.90. The van der Waals surface area contributed by atoms with Crippen LogP contribution in [-0.2, 0) is 9.59 Å². The number of nitrogens with zero attached hydrogens (tertiary/aromatic N) is 1. The fourth-order valence-corrected chi connectivity index (χ4v) is 3.79. The van der Waals surface area contributed by atoms with Crippen LogP contribution < -0.4 is 10.2 Å². The minimum Gasteiger partial charge on any atom is -0.353 e. The van der Waals surface area contributed by atoms with Gasteiger partial charge < -0.3 is 10.2 Å². The molecule has 2 amide bonds. The summed E-state index contributed by atoms with van der Waals surface area (Å²) in [5.41, 5.74) is 3.21. The smallest absolute Gasteiger partial charge is 0.227 e. The molecule has 1 aliphatic carbocycles. The van der Waals surface area contributed by atoms with E-state index in [2.05, 4.69) is 11.4 Å². The molecule has 0 radical (unpaired) electrons. The normalized spacial score (nSPS) is 22.4. The molecule has 4 heteroatoms. The Morgan fingerprint density at radius 1 is 1.17 bits per heavy atom. The van der Waals surface area contributed by atoms with Crippen molar-refractivity contribution in [3.63, 3.8) is 0 Å². The SMILES string of the molecule is Cc1ccc(N2CC(C(=O)NC3CCCCC3)CC2=O)c(C)c1. The monoisotopic (exact) mass is 314 g/mol. The van der Waals surface area contributed by atoms with Crippen molar-refractivity contribution in [2.45, 2.75) is 58.4 Å². The van der Waals surface area contributed by atoms with Crippen LogP contribution in [0.5, 0.6) is 0 Å². The van der Waals surface area contributed by atoms with Gasteiger partial charge in [0.15, 0.2) is 0 Å². The van der Waals surface area contributed by atoms with E-state index in [1.165, 1.54) is 24.8 Å². The first-order valence-electron chi connectivity index (χ1n) is 8.72. The lowest BCUT2D eigenvalue weighted by molar-refractivity contribution is -0.127. The molecular weight excluding hydrogens is 288 g/mol. The summed E-state index contributed by atoms with van der Waals surface area (Å²) >= 11 is 0. The van der Waals surface area contributed by atoms with Crippen LogP contribution in [0, 0.1) is 19.8 Å². The number of benzene rings is 1. The number of carbonyl (C=O) groups excluding carboxylic acids is 2. The van der Waals surface area contributed by atoms with Crippen LogP contribution in [0.4, 0.5) is 5.69 Å². The summed E-state index contributed by atoms with van der Waals surface area (Å²) in [5.74, 6) is -0.108. The number of anilines is 1. The highest BCUT2D eigenvalue weighted by molar-refractivity contribution is 6.00. The predicted molar refractivity (Wildman–Crippen MR) is 91.4 cm³/mol. The molecule has 2 aliphatic rings. The Kier molecular flexibility index (Phi) is 4.69. The summed E-state index contributed by atoms with van der Waals surface area (Å²) in [5, 5.41) is 3.16. The molecular formula is C19H26N2O2. The van der Waals surface area contributed by atoms with Gasteiger partial charge in [0.25, 0.3) is 0 Å². The summed E-state index contributed by atoms with van der Waals surface area (Å²) in [4.78, 5) is 26.6. The molecule has 0 bridgehead atoms. The topological polar surface area (TPSA) is 49.4 Å². The van der Waals surface area contributed by atoms with Crippen LogP contribution in [0.3, 0.4) is 0 Å². The number of nitrogens with one attached hydrogen (secondary N) is 1. The van der Waals surface area contributed by atoms with Crippen LogP contribution in [-0.4, -0.2) is 24.4 Å². The first-order valence-corrected chi connectivity index (χ1v) is 8.72. The van der Waals surface area contributed by atoms with Gasteiger partial charge in [-0.3, -0.25) is 9.59 Å². The summed E-state index contributed by atoms with van der Waals surface area (Å²) in [6.45, 7) is 4.56. The van der Waals surface area contributed by atoms with E-state index in [9.17, 15) is 9.59 Å². The zero-order valence-electron chi connectivity index (χ0n) is 14.1. The van der Waals surface area contributed by atoms with Crippen molar-refractivity contribution in [3.8, 4) is 0 Å². The van der Waals surface area contributed by atoms with E-state index in [1.807, 2.05) is 26.0 Å². The molecule has 0 spiro atoms. The number of hydrogen-bond donors (Lipinski definition) is 1. The fraction of sp³-hybridized carbons (Fsp3) is 0.579. The van der Waals surface area contributed by atoms with Crippen molar-refractivity contribution in [1.29, 1.82) is 0 Å². The van der Waals surface area contributed by atoms with Gasteiger partial charge in [-0.1, -0.05) is 37.0 Å². The van der Waals surface area contributed by atoms with Crippen LogP contribution in [0.25, 0.3) is 0 Å². The lowest BCUT2D eigenvalue weighted by Gasteiger charge is -2.24. The Balaban J connectivity index is 1.65. The lowest BCUT2D eigenvalue weighted by Crippen LogP contribution is -2.40. The zero-order valence-corrected chi connectivity index (χ0v) is 14.1. The van der Waals surface area contributed by atoms with E-state index in [1.54, 1.807) is 4.90 Å². The third kappa shape index (κ3) is 3.57. The van der Waals surface area contributed by atoms with Gasteiger partial charge in [-0.15, -0.1) is 0 Å². The first-order chi connectivity index (χ1) is 11.0. The van der Waals surface area contributed by atoms with Gasteiger partial charge in [0, 0.05) is 24.7 Å². The van der Waals surface area contributed by atoms with Crippen molar-refractivity contribution in [2.75, 3.05) is 11.4 Å². The summed E-state index contributed by atoms with van der Waals surface area (Å²) in [6, 6.07) is 6.40. The quantitative estimate of drug-likeness (QED) is 0.932. The molecule has 0 aromatic heterocycles. The first kappa shape index (κ1) is 16.0. The second-order valence-electron chi connectivity index (χ2n) is 7.04. The van der Waals surface area contributed by atoms with Gasteiger partial charge in [-0.2, -0.15) is 0 Å². The molecule has 1 aliphatic heterocycles. The predicted octanol–water partition coefficient (Wildman–Crippen LogP) is 3.11. The number of rotatable bonds is 3. The Hall–Kier alpha value is -1.84. The van der Waals surface area contributed by atoms with E-state index in [-0.39, 0.29) is 17.7 Å². The Bertz CT molecular complexity index is 605. The largest absolute Gasteiger partial charge is 0.353 e. The van der Waals surface area contributed by atoms with Crippen LogP contribution in [0.15, 0.2) is 18.2 Å². The highest BCUT2D eigenvalue weighted by Gasteiger charge is 2.36. The lowest BCUT2D eigenvalue weighted by atomic mass is 9.95. The maximum absolute atomic E-state index is 12.5. The Labute approximate surface area is 138 Å². The molecule has 1 atom stereocenters. The molecule has 2 fully saturated rings. The summed E-state index contributed by atoms with van der Waals surface area (Å²) < 4.78 is 0. The molecule has 1 saturated heterocycles. The fourth-order valence-electron chi connectivity index (χ4n) is 3.79. The minimum absolute atomic E-state index is 0.0533. The number of amides is 2. The van der Waals surface area contributed by atoms with Crippen molar-refractivity contribution in [3.05, 3.63) is 29.3 Å². The van der Waals surface area contributed by atoms with Crippen molar-refractivity contribution in [2.24, 2.45) is 5.92 Å². The minimum atomic E-state index is -0.217. The molecule has 1 saturated carbocycles. The molecule has 3 rings (SSSR count). The highest BCUT2D eigenvalue weighted by atomic mass is 16.2. The van der Waals surface area contributed by atoms with Crippen molar-refractivity contribution >= 4 is 17.5 Å². The molecule has 1 heterocycles. The van der Waals surface area contributed by atoms with Crippen LogP contribution in [0.2, 0.25) is 0 Å². The van der Waals surface area contributed by atoms with E-state index in [4.69, 9.17) is 0 Å². The maximum atomic E-state index is 12.5. The van der Waals surface area contributed by atoms with Gasteiger partial charge in [0.1, 0.15) is 0 Å². The van der Waals surface area contributed by atoms with Gasteiger partial charge in [-0.05, 0) is 38.3 Å². The third-order valence-corrected chi connectivity index (χ3v) is 5.09. The number of aryl methyl sites for hydroxylation is 2. The van der Waals surface area contributed by atoms with E-state index >= 15 is 0 Å². The van der Waals surface area contributed by atoms with Crippen molar-refractivity contribution < 1.29 is 9.59 Å². The average molecular weight is 314 g/mol. The van der Waals surface area contributed by atoms with Gasteiger partial charge >= 0.3 is 0 Å². The van der Waals surface area contributed by atoms with Gasteiger partial charge in [0.05, 0.1) is 5.92 Å². The van der Waals surface area contributed by atoms with Gasteiger partial charge in [-0.25, -0.2) is 0 Å². The second-order valence-corrected chi connectivity index (χ2v) is 7.04. The molecule has 1 aromatic rings. The Morgan fingerprint density at radius 3 is 2.61 bits per heavy atom. The number of hydrogen-bond acceptors (Lipinski definition) is 2.